The molecule has 6 heteroatoms. The van der Waals surface area contributed by atoms with E-state index in [-0.39, 0.29) is 11.8 Å². The van der Waals surface area contributed by atoms with Gasteiger partial charge in [-0.3, -0.25) is 4.79 Å². The SMILES string of the molecule is CCC(=O)Nc1cc(N=C(N)CCl)ccc1OC. The number of nitrogens with zero attached hydrogens (tertiary/aromatic N) is 1. The summed E-state index contributed by atoms with van der Waals surface area (Å²) in [5.41, 5.74) is 6.73. The van der Waals surface area contributed by atoms with Crippen LogP contribution in [-0.2, 0) is 4.79 Å². The van der Waals surface area contributed by atoms with E-state index in [0.717, 1.165) is 0 Å². The van der Waals surface area contributed by atoms with Gasteiger partial charge in [0.2, 0.25) is 5.91 Å². The number of amides is 1. The van der Waals surface area contributed by atoms with E-state index in [0.29, 0.717) is 29.4 Å². The summed E-state index contributed by atoms with van der Waals surface area (Å²) in [6, 6.07) is 5.14. The van der Waals surface area contributed by atoms with Crippen LogP contribution in [0.25, 0.3) is 0 Å². The number of ether oxygens (including phenoxy) is 1. The van der Waals surface area contributed by atoms with Gasteiger partial charge in [-0.25, -0.2) is 4.99 Å². The zero-order chi connectivity index (χ0) is 13.5. The molecular formula is C12H16ClN3O2. The molecule has 0 bridgehead atoms. The van der Waals surface area contributed by atoms with Crippen LogP contribution in [0, 0.1) is 0 Å². The molecule has 0 aliphatic heterocycles. The molecule has 0 aliphatic rings. The van der Waals surface area contributed by atoms with Crippen LogP contribution in [0.3, 0.4) is 0 Å². The summed E-state index contributed by atoms with van der Waals surface area (Å²) in [7, 11) is 1.53. The number of methoxy groups -OCH3 is 1. The lowest BCUT2D eigenvalue weighted by Gasteiger charge is -2.10. The van der Waals surface area contributed by atoms with Gasteiger partial charge >= 0.3 is 0 Å². The molecule has 0 radical (unpaired) electrons. The fourth-order valence-corrected chi connectivity index (χ4v) is 1.36. The Bertz CT molecular complexity index is 461. The Kier molecular flexibility index (Phi) is 5.45. The molecule has 0 aromatic heterocycles. The standard InChI is InChI=1S/C12H16ClN3O2/c1-3-12(17)16-9-6-8(15-11(14)7-13)4-5-10(9)18-2/h4-6H,3,7H2,1-2H3,(H2,14,15)(H,16,17). The minimum Gasteiger partial charge on any atom is -0.495 e. The first-order valence-corrected chi connectivity index (χ1v) is 6.01. The summed E-state index contributed by atoms with van der Waals surface area (Å²) >= 11 is 5.56. The van der Waals surface area contributed by atoms with Crippen molar-refractivity contribution in [2.45, 2.75) is 13.3 Å². The number of hydrogen-bond acceptors (Lipinski definition) is 3. The number of aliphatic imine (C=N–C) groups is 1. The second-order valence-electron chi connectivity index (χ2n) is 3.52. The number of amidine groups is 1. The molecular weight excluding hydrogens is 254 g/mol. The van der Waals surface area contributed by atoms with E-state index in [4.69, 9.17) is 22.1 Å². The molecule has 1 aromatic rings. The average Bonchev–Trinajstić information content (AvgIpc) is 2.38. The van der Waals surface area contributed by atoms with Crippen LogP contribution in [0.4, 0.5) is 11.4 Å². The van der Waals surface area contributed by atoms with Crippen molar-refractivity contribution in [3.05, 3.63) is 18.2 Å². The van der Waals surface area contributed by atoms with Crippen molar-refractivity contribution in [3.63, 3.8) is 0 Å². The molecule has 1 aromatic carbocycles. The van der Waals surface area contributed by atoms with Gasteiger partial charge in [0.25, 0.3) is 0 Å². The lowest BCUT2D eigenvalue weighted by Crippen LogP contribution is -2.12. The predicted octanol–water partition coefficient (Wildman–Crippen LogP) is 2.27. The summed E-state index contributed by atoms with van der Waals surface area (Å²) in [6.45, 7) is 1.77. The summed E-state index contributed by atoms with van der Waals surface area (Å²) < 4.78 is 5.16. The highest BCUT2D eigenvalue weighted by atomic mass is 35.5. The first-order chi connectivity index (χ1) is 8.60. The van der Waals surface area contributed by atoms with Crippen LogP contribution in [0.1, 0.15) is 13.3 Å². The molecule has 0 heterocycles. The number of carbonyl (C=O) groups is 1. The van der Waals surface area contributed by atoms with Gasteiger partial charge in [0.05, 0.1) is 24.4 Å². The van der Waals surface area contributed by atoms with Gasteiger partial charge in [-0.2, -0.15) is 0 Å². The van der Waals surface area contributed by atoms with Crippen molar-refractivity contribution in [2.75, 3.05) is 18.3 Å². The predicted molar refractivity (Wildman–Crippen MR) is 73.9 cm³/mol. The Morgan fingerprint density at radius 3 is 2.83 bits per heavy atom. The maximum Gasteiger partial charge on any atom is 0.224 e. The van der Waals surface area contributed by atoms with Crippen LogP contribution in [0.15, 0.2) is 23.2 Å². The minimum absolute atomic E-state index is 0.0975. The zero-order valence-electron chi connectivity index (χ0n) is 10.4. The third kappa shape index (κ3) is 3.92. The summed E-state index contributed by atoms with van der Waals surface area (Å²) in [6.07, 6.45) is 0.389. The van der Waals surface area contributed by atoms with Gasteiger partial charge in [-0.05, 0) is 18.2 Å². The highest BCUT2D eigenvalue weighted by Crippen LogP contribution is 2.29. The number of benzene rings is 1. The maximum absolute atomic E-state index is 11.4. The molecule has 5 nitrogen and oxygen atoms in total. The van der Waals surface area contributed by atoms with Crippen LogP contribution in [0.5, 0.6) is 5.75 Å². The number of nitrogens with one attached hydrogen (secondary N) is 1. The third-order valence-electron chi connectivity index (χ3n) is 2.19. The first-order valence-electron chi connectivity index (χ1n) is 5.47. The van der Waals surface area contributed by atoms with Gasteiger partial charge < -0.3 is 15.8 Å². The van der Waals surface area contributed by atoms with E-state index in [1.807, 2.05) is 0 Å². The van der Waals surface area contributed by atoms with Gasteiger partial charge in [0, 0.05) is 6.42 Å². The Morgan fingerprint density at radius 2 is 2.28 bits per heavy atom. The van der Waals surface area contributed by atoms with E-state index in [2.05, 4.69) is 10.3 Å². The van der Waals surface area contributed by atoms with E-state index < -0.39 is 0 Å². The molecule has 18 heavy (non-hydrogen) atoms. The third-order valence-corrected chi connectivity index (χ3v) is 2.46. The lowest BCUT2D eigenvalue weighted by molar-refractivity contribution is -0.115. The molecule has 0 spiro atoms. The Morgan fingerprint density at radius 1 is 1.56 bits per heavy atom. The van der Waals surface area contributed by atoms with E-state index in [1.54, 1.807) is 25.1 Å². The molecule has 0 saturated carbocycles. The Balaban J connectivity index is 3.05. The minimum atomic E-state index is -0.0975. The number of nitrogens with two attached hydrogens (primary N) is 1. The molecule has 0 unspecified atom stereocenters. The smallest absolute Gasteiger partial charge is 0.224 e. The summed E-state index contributed by atoms with van der Waals surface area (Å²) in [5, 5.41) is 2.74. The second-order valence-corrected chi connectivity index (χ2v) is 3.79. The first kappa shape index (κ1) is 14.3. The fraction of sp³-hybridized carbons (Fsp3) is 0.333. The normalized spacial score (nSPS) is 11.2. The maximum atomic E-state index is 11.4. The highest BCUT2D eigenvalue weighted by molar-refractivity contribution is 6.28. The van der Waals surface area contributed by atoms with Gasteiger partial charge in [0.15, 0.2) is 0 Å². The Labute approximate surface area is 111 Å². The molecule has 3 N–H and O–H groups in total. The number of hydrogen-bond donors (Lipinski definition) is 2. The molecule has 0 saturated heterocycles. The summed E-state index contributed by atoms with van der Waals surface area (Å²) in [5.74, 6) is 0.942. The van der Waals surface area contributed by atoms with E-state index in [9.17, 15) is 4.79 Å². The van der Waals surface area contributed by atoms with Crippen molar-refractivity contribution in [1.82, 2.24) is 0 Å². The number of rotatable bonds is 5. The van der Waals surface area contributed by atoms with Crippen molar-refractivity contribution < 1.29 is 9.53 Å². The lowest BCUT2D eigenvalue weighted by atomic mass is 10.2. The highest BCUT2D eigenvalue weighted by Gasteiger charge is 2.07. The fourth-order valence-electron chi connectivity index (χ4n) is 1.30. The largest absolute Gasteiger partial charge is 0.495 e. The monoisotopic (exact) mass is 269 g/mol. The second kappa shape index (κ2) is 6.86. The van der Waals surface area contributed by atoms with Crippen molar-refractivity contribution in [3.8, 4) is 5.75 Å². The van der Waals surface area contributed by atoms with Gasteiger partial charge in [-0.15, -0.1) is 11.6 Å². The zero-order valence-corrected chi connectivity index (χ0v) is 11.1. The van der Waals surface area contributed by atoms with Crippen molar-refractivity contribution in [2.24, 2.45) is 10.7 Å². The van der Waals surface area contributed by atoms with Gasteiger partial charge in [-0.1, -0.05) is 6.92 Å². The number of alkyl halides is 1. The summed E-state index contributed by atoms with van der Waals surface area (Å²) in [4.78, 5) is 15.5. The van der Waals surface area contributed by atoms with Gasteiger partial charge in [0.1, 0.15) is 11.6 Å². The molecule has 0 atom stereocenters. The molecule has 0 fully saturated rings. The number of anilines is 1. The van der Waals surface area contributed by atoms with Crippen LogP contribution in [0.2, 0.25) is 0 Å². The Hall–Kier alpha value is -1.75. The molecule has 1 rings (SSSR count). The molecule has 0 aliphatic carbocycles. The molecule has 98 valence electrons. The number of carbonyl (C=O) groups excluding carboxylic acids is 1. The topological polar surface area (TPSA) is 76.7 Å². The van der Waals surface area contributed by atoms with Crippen LogP contribution >= 0.6 is 11.6 Å². The van der Waals surface area contributed by atoms with Crippen molar-refractivity contribution in [1.29, 1.82) is 0 Å². The van der Waals surface area contributed by atoms with Crippen LogP contribution < -0.4 is 15.8 Å². The molecule has 1 amide bonds. The quantitative estimate of drug-likeness (QED) is 0.489. The van der Waals surface area contributed by atoms with E-state index in [1.165, 1.54) is 7.11 Å². The van der Waals surface area contributed by atoms with Crippen molar-refractivity contribution >= 4 is 34.7 Å². The van der Waals surface area contributed by atoms with Crippen LogP contribution in [-0.4, -0.2) is 24.7 Å². The van der Waals surface area contributed by atoms with E-state index >= 15 is 0 Å². The average molecular weight is 270 g/mol. The number of halogens is 1.